The summed E-state index contributed by atoms with van der Waals surface area (Å²) in [4.78, 5) is 21.6. The molecule has 0 unspecified atom stereocenters. The smallest absolute Gasteiger partial charge is 0.260 e. The van der Waals surface area contributed by atoms with Crippen molar-refractivity contribution in [3.05, 3.63) is 33.1 Å². The van der Waals surface area contributed by atoms with E-state index in [-0.39, 0.29) is 10.6 Å². The van der Waals surface area contributed by atoms with Crippen molar-refractivity contribution in [2.45, 2.75) is 18.9 Å². The van der Waals surface area contributed by atoms with E-state index >= 15 is 0 Å². The zero-order valence-electron chi connectivity index (χ0n) is 12.8. The number of carbonyl (C=O) groups excluding carboxylic acids is 1. The summed E-state index contributed by atoms with van der Waals surface area (Å²) in [6.45, 7) is 0. The third-order valence-electron chi connectivity index (χ3n) is 3.91. The second-order valence-electron chi connectivity index (χ2n) is 5.83. The Morgan fingerprint density at radius 1 is 1.28 bits per heavy atom. The van der Waals surface area contributed by atoms with Crippen LogP contribution in [0, 0.1) is 0 Å². The van der Waals surface area contributed by atoms with Gasteiger partial charge in [-0.3, -0.25) is 4.79 Å². The molecule has 1 amide bonds. The number of nitrogens with zero attached hydrogens (tertiary/aromatic N) is 2. The van der Waals surface area contributed by atoms with Crippen molar-refractivity contribution in [1.29, 1.82) is 0 Å². The lowest BCUT2D eigenvalue weighted by atomic mass is 10.1. The predicted octanol–water partition coefficient (Wildman–Crippen LogP) is 3.92. The monoisotopic (exact) mass is 393 g/mol. The first-order valence-corrected chi connectivity index (χ1v) is 9.13. The molecule has 9 heteroatoms. The summed E-state index contributed by atoms with van der Waals surface area (Å²) < 4.78 is 0. The molecule has 2 aromatic heterocycles. The van der Waals surface area contributed by atoms with Crippen LogP contribution in [0.5, 0.6) is 0 Å². The lowest BCUT2D eigenvalue weighted by Gasteiger charge is -2.10. The van der Waals surface area contributed by atoms with E-state index in [1.54, 1.807) is 18.2 Å². The Morgan fingerprint density at radius 3 is 2.68 bits per heavy atom. The molecular weight excluding hydrogens is 381 g/mol. The summed E-state index contributed by atoms with van der Waals surface area (Å²) >= 11 is 13.5. The quantitative estimate of drug-likeness (QED) is 0.622. The van der Waals surface area contributed by atoms with Crippen LogP contribution in [0.4, 0.5) is 11.6 Å². The lowest BCUT2D eigenvalue weighted by Crippen LogP contribution is -2.10. The van der Waals surface area contributed by atoms with E-state index < -0.39 is 5.91 Å². The average molecular weight is 394 g/mol. The second kappa shape index (κ2) is 6.01. The van der Waals surface area contributed by atoms with E-state index in [1.807, 2.05) is 0 Å². The van der Waals surface area contributed by atoms with Crippen molar-refractivity contribution in [3.63, 3.8) is 0 Å². The number of rotatable bonds is 4. The number of hydrogen-bond donors (Lipinski definition) is 3. The van der Waals surface area contributed by atoms with Crippen LogP contribution >= 0.6 is 34.5 Å². The summed E-state index contributed by atoms with van der Waals surface area (Å²) in [6, 6.07) is 5.51. The lowest BCUT2D eigenvalue weighted by molar-refractivity contribution is 0.100. The van der Waals surface area contributed by atoms with Crippen LogP contribution in [0.1, 0.15) is 22.5 Å². The number of anilines is 2. The number of hydrogen-bond acceptors (Lipinski definition) is 6. The van der Waals surface area contributed by atoms with Gasteiger partial charge in [0.15, 0.2) is 0 Å². The van der Waals surface area contributed by atoms with Crippen molar-refractivity contribution < 1.29 is 4.79 Å². The molecule has 1 saturated carbocycles. The molecule has 0 aliphatic heterocycles. The highest BCUT2D eigenvalue weighted by Crippen LogP contribution is 2.41. The molecule has 1 aromatic carbocycles. The van der Waals surface area contributed by atoms with Gasteiger partial charge in [0.1, 0.15) is 9.71 Å². The van der Waals surface area contributed by atoms with Crippen LogP contribution in [-0.4, -0.2) is 21.9 Å². The maximum Gasteiger partial charge on any atom is 0.260 e. The number of fused-ring (bicyclic) bond motifs is 1. The van der Waals surface area contributed by atoms with Gasteiger partial charge >= 0.3 is 0 Å². The molecule has 1 aliphatic carbocycles. The SMILES string of the molecule is NC(=O)c1sc2nc(NC3CC3)nc(-c3ccc(Cl)cc3Cl)c2c1N. The third kappa shape index (κ3) is 2.99. The summed E-state index contributed by atoms with van der Waals surface area (Å²) in [6.07, 6.45) is 2.16. The van der Waals surface area contributed by atoms with E-state index in [0.717, 1.165) is 24.2 Å². The molecule has 6 nitrogen and oxygen atoms in total. The fourth-order valence-electron chi connectivity index (χ4n) is 2.56. The molecule has 1 aliphatic rings. The summed E-state index contributed by atoms with van der Waals surface area (Å²) in [5.74, 6) is -0.112. The second-order valence-corrected chi connectivity index (χ2v) is 7.67. The number of carbonyl (C=O) groups is 1. The van der Waals surface area contributed by atoms with Crippen molar-refractivity contribution in [3.8, 4) is 11.3 Å². The number of nitrogens with one attached hydrogen (secondary N) is 1. The number of nitrogen functional groups attached to an aromatic ring is 1. The first-order valence-electron chi connectivity index (χ1n) is 7.56. The number of thiophene rings is 1. The zero-order chi connectivity index (χ0) is 17.7. The highest BCUT2D eigenvalue weighted by molar-refractivity contribution is 7.21. The van der Waals surface area contributed by atoms with Gasteiger partial charge in [0.2, 0.25) is 5.95 Å². The number of halogens is 2. The van der Waals surface area contributed by atoms with Gasteiger partial charge in [-0.15, -0.1) is 11.3 Å². The number of benzene rings is 1. The fraction of sp³-hybridized carbons (Fsp3) is 0.188. The van der Waals surface area contributed by atoms with Crippen LogP contribution in [0.15, 0.2) is 18.2 Å². The van der Waals surface area contributed by atoms with Gasteiger partial charge in [-0.2, -0.15) is 0 Å². The molecule has 4 rings (SSSR count). The van der Waals surface area contributed by atoms with Crippen molar-refractivity contribution in [1.82, 2.24) is 9.97 Å². The molecule has 0 radical (unpaired) electrons. The van der Waals surface area contributed by atoms with Gasteiger partial charge in [-0.05, 0) is 31.0 Å². The first kappa shape index (κ1) is 16.4. The Balaban J connectivity index is 2.00. The van der Waals surface area contributed by atoms with Gasteiger partial charge in [0, 0.05) is 16.6 Å². The fourth-order valence-corrected chi connectivity index (χ4v) is 4.00. The first-order chi connectivity index (χ1) is 11.9. The van der Waals surface area contributed by atoms with Crippen molar-refractivity contribution >= 4 is 62.3 Å². The van der Waals surface area contributed by atoms with E-state index in [0.29, 0.717) is 43.5 Å². The van der Waals surface area contributed by atoms with Crippen LogP contribution in [-0.2, 0) is 0 Å². The average Bonchev–Trinajstić information content (AvgIpc) is 3.28. The van der Waals surface area contributed by atoms with Crippen LogP contribution < -0.4 is 16.8 Å². The van der Waals surface area contributed by atoms with Gasteiger partial charge in [0.05, 0.1) is 21.8 Å². The van der Waals surface area contributed by atoms with E-state index in [1.165, 1.54) is 0 Å². The highest BCUT2D eigenvalue weighted by atomic mass is 35.5. The van der Waals surface area contributed by atoms with E-state index in [9.17, 15) is 4.79 Å². The van der Waals surface area contributed by atoms with Gasteiger partial charge in [-0.25, -0.2) is 9.97 Å². The normalized spacial score (nSPS) is 14.0. The number of aromatic nitrogens is 2. The molecule has 0 spiro atoms. The summed E-state index contributed by atoms with van der Waals surface area (Å²) in [5, 5.41) is 4.80. The molecule has 0 atom stereocenters. The summed E-state index contributed by atoms with van der Waals surface area (Å²) in [7, 11) is 0. The minimum absolute atomic E-state index is 0.263. The molecule has 5 N–H and O–H groups in total. The number of primary amides is 1. The maximum absolute atomic E-state index is 11.7. The minimum Gasteiger partial charge on any atom is -0.397 e. The number of amides is 1. The zero-order valence-corrected chi connectivity index (χ0v) is 15.2. The van der Waals surface area contributed by atoms with Crippen LogP contribution in [0.25, 0.3) is 21.5 Å². The Bertz CT molecular complexity index is 1020. The Kier molecular flexibility index (Phi) is 3.94. The molecular formula is C16H13Cl2N5OS. The number of nitrogens with two attached hydrogens (primary N) is 2. The van der Waals surface area contributed by atoms with E-state index in [2.05, 4.69) is 15.3 Å². The Hall–Kier alpha value is -2.09. The molecule has 0 saturated heterocycles. The summed E-state index contributed by atoms with van der Waals surface area (Å²) in [5.41, 5.74) is 13.1. The molecule has 2 heterocycles. The highest BCUT2D eigenvalue weighted by Gasteiger charge is 2.25. The van der Waals surface area contributed by atoms with Gasteiger partial charge in [-0.1, -0.05) is 23.2 Å². The van der Waals surface area contributed by atoms with Crippen LogP contribution in [0.3, 0.4) is 0 Å². The molecule has 0 bridgehead atoms. The largest absolute Gasteiger partial charge is 0.397 e. The molecule has 1 fully saturated rings. The maximum atomic E-state index is 11.7. The molecule has 128 valence electrons. The Labute approximate surface area is 157 Å². The topological polar surface area (TPSA) is 107 Å². The molecule has 3 aromatic rings. The standard InChI is InChI=1S/C16H13Cl2N5OS/c17-6-1-4-8(9(18)5-6)12-10-11(19)13(14(20)24)25-15(10)23-16(22-12)21-7-2-3-7/h1,4-5,7H,2-3,19H2,(H2,20,24)(H,21,22,23). The van der Waals surface area contributed by atoms with Gasteiger partial charge in [0.25, 0.3) is 5.91 Å². The van der Waals surface area contributed by atoms with Crippen LogP contribution in [0.2, 0.25) is 10.0 Å². The van der Waals surface area contributed by atoms with Crippen molar-refractivity contribution in [2.24, 2.45) is 5.73 Å². The van der Waals surface area contributed by atoms with E-state index in [4.69, 9.17) is 34.7 Å². The van der Waals surface area contributed by atoms with Crippen molar-refractivity contribution in [2.75, 3.05) is 11.1 Å². The van der Waals surface area contributed by atoms with Gasteiger partial charge < -0.3 is 16.8 Å². The minimum atomic E-state index is -0.592. The molecule has 25 heavy (non-hydrogen) atoms. The third-order valence-corrected chi connectivity index (χ3v) is 5.57. The Morgan fingerprint density at radius 2 is 2.04 bits per heavy atom. The predicted molar refractivity (Wildman–Crippen MR) is 102 cm³/mol.